The van der Waals surface area contributed by atoms with Crippen LogP contribution in [-0.4, -0.2) is 29.1 Å². The number of aromatic carboxylic acids is 1. The number of carbonyl (C=O) groups is 2. The summed E-state index contributed by atoms with van der Waals surface area (Å²) in [5, 5.41) is 11.6. The van der Waals surface area contributed by atoms with Crippen LogP contribution in [0.25, 0.3) is 0 Å². The predicted octanol–water partition coefficient (Wildman–Crippen LogP) is 1.72. The summed E-state index contributed by atoms with van der Waals surface area (Å²) in [6.07, 6.45) is 1.42. The standard InChI is InChI=1S/C15H14N2O4/c1-21-13-6-5-12(9-16-13)14(18)17-8-10-3-2-4-11(7-10)15(19)20/h2-7,9H,8H2,1H3,(H,17,18)(H,19,20). The number of ether oxygens (including phenoxy) is 1. The number of methoxy groups -OCH3 is 1. The normalized spacial score (nSPS) is 9.95. The van der Waals surface area contributed by atoms with E-state index in [1.165, 1.54) is 25.4 Å². The molecule has 0 atom stereocenters. The van der Waals surface area contributed by atoms with Gasteiger partial charge in [-0.15, -0.1) is 0 Å². The first kappa shape index (κ1) is 14.5. The molecule has 1 aromatic heterocycles. The fourth-order valence-corrected chi connectivity index (χ4v) is 1.73. The predicted molar refractivity (Wildman–Crippen MR) is 75.4 cm³/mol. The van der Waals surface area contributed by atoms with Crippen molar-refractivity contribution in [1.29, 1.82) is 0 Å². The van der Waals surface area contributed by atoms with Gasteiger partial charge in [-0.05, 0) is 23.8 Å². The van der Waals surface area contributed by atoms with Crippen LogP contribution in [0.4, 0.5) is 0 Å². The van der Waals surface area contributed by atoms with E-state index >= 15 is 0 Å². The Labute approximate surface area is 121 Å². The van der Waals surface area contributed by atoms with Crippen LogP contribution >= 0.6 is 0 Å². The molecule has 0 spiro atoms. The lowest BCUT2D eigenvalue weighted by Crippen LogP contribution is -2.23. The summed E-state index contributed by atoms with van der Waals surface area (Å²) < 4.78 is 4.92. The van der Waals surface area contributed by atoms with E-state index in [0.717, 1.165) is 0 Å². The number of nitrogens with zero attached hydrogens (tertiary/aromatic N) is 1. The summed E-state index contributed by atoms with van der Waals surface area (Å²) in [4.78, 5) is 26.7. The van der Waals surface area contributed by atoms with Gasteiger partial charge in [0.1, 0.15) is 0 Å². The summed E-state index contributed by atoms with van der Waals surface area (Å²) in [7, 11) is 1.50. The van der Waals surface area contributed by atoms with Gasteiger partial charge >= 0.3 is 5.97 Å². The second kappa shape index (κ2) is 6.51. The minimum atomic E-state index is -0.998. The number of carbonyl (C=O) groups excluding carboxylic acids is 1. The van der Waals surface area contributed by atoms with Gasteiger partial charge in [-0.3, -0.25) is 4.79 Å². The number of hydrogen-bond acceptors (Lipinski definition) is 4. The molecule has 2 N–H and O–H groups in total. The molecular weight excluding hydrogens is 272 g/mol. The van der Waals surface area contributed by atoms with Crippen LogP contribution in [0.3, 0.4) is 0 Å². The minimum absolute atomic E-state index is 0.188. The van der Waals surface area contributed by atoms with Gasteiger partial charge in [-0.25, -0.2) is 9.78 Å². The quantitative estimate of drug-likeness (QED) is 0.873. The van der Waals surface area contributed by atoms with Crippen LogP contribution in [0.5, 0.6) is 5.88 Å². The maximum Gasteiger partial charge on any atom is 0.335 e. The molecule has 0 aliphatic heterocycles. The molecule has 6 heteroatoms. The number of benzene rings is 1. The minimum Gasteiger partial charge on any atom is -0.481 e. The summed E-state index contributed by atoms with van der Waals surface area (Å²) in [5.74, 6) is -0.853. The van der Waals surface area contributed by atoms with E-state index in [2.05, 4.69) is 10.3 Å². The molecule has 108 valence electrons. The lowest BCUT2D eigenvalue weighted by Gasteiger charge is -2.06. The highest BCUT2D eigenvalue weighted by molar-refractivity contribution is 5.94. The SMILES string of the molecule is COc1ccc(C(=O)NCc2cccc(C(=O)O)c2)cn1. The molecule has 0 aliphatic rings. The summed E-state index contributed by atoms with van der Waals surface area (Å²) >= 11 is 0. The summed E-state index contributed by atoms with van der Waals surface area (Å²) in [6, 6.07) is 9.61. The fourth-order valence-electron chi connectivity index (χ4n) is 1.73. The number of pyridine rings is 1. The molecule has 1 heterocycles. The molecule has 0 saturated heterocycles. The number of hydrogen-bond donors (Lipinski definition) is 2. The lowest BCUT2D eigenvalue weighted by molar-refractivity contribution is 0.0696. The van der Waals surface area contributed by atoms with E-state index in [1.807, 2.05) is 0 Å². The largest absolute Gasteiger partial charge is 0.481 e. The van der Waals surface area contributed by atoms with Crippen molar-refractivity contribution in [3.63, 3.8) is 0 Å². The van der Waals surface area contributed by atoms with Crippen molar-refractivity contribution in [2.45, 2.75) is 6.54 Å². The first-order valence-corrected chi connectivity index (χ1v) is 6.20. The van der Waals surface area contributed by atoms with Gasteiger partial charge in [0.05, 0.1) is 18.2 Å². The molecule has 0 aliphatic carbocycles. The molecule has 0 unspecified atom stereocenters. The maximum absolute atomic E-state index is 11.9. The van der Waals surface area contributed by atoms with E-state index in [1.54, 1.807) is 24.3 Å². The monoisotopic (exact) mass is 286 g/mol. The highest BCUT2D eigenvalue weighted by atomic mass is 16.5. The molecule has 2 rings (SSSR count). The van der Waals surface area contributed by atoms with Crippen molar-refractivity contribution in [3.05, 3.63) is 59.3 Å². The van der Waals surface area contributed by atoms with E-state index in [4.69, 9.17) is 9.84 Å². The van der Waals surface area contributed by atoms with Gasteiger partial charge in [-0.2, -0.15) is 0 Å². The molecule has 6 nitrogen and oxygen atoms in total. The van der Waals surface area contributed by atoms with Crippen molar-refractivity contribution in [2.24, 2.45) is 0 Å². The van der Waals surface area contributed by atoms with Crippen LogP contribution in [0.2, 0.25) is 0 Å². The molecule has 1 aromatic carbocycles. The van der Waals surface area contributed by atoms with Crippen molar-refractivity contribution in [2.75, 3.05) is 7.11 Å². The smallest absolute Gasteiger partial charge is 0.335 e. The second-order valence-corrected chi connectivity index (χ2v) is 4.28. The average molecular weight is 286 g/mol. The van der Waals surface area contributed by atoms with Crippen molar-refractivity contribution in [1.82, 2.24) is 10.3 Å². The molecule has 2 aromatic rings. The van der Waals surface area contributed by atoms with Crippen LogP contribution < -0.4 is 10.1 Å². The topological polar surface area (TPSA) is 88.5 Å². The van der Waals surface area contributed by atoms with Gasteiger partial charge in [0.25, 0.3) is 5.91 Å². The number of carboxylic acids is 1. The third-order valence-corrected chi connectivity index (χ3v) is 2.83. The van der Waals surface area contributed by atoms with Crippen LogP contribution in [0.1, 0.15) is 26.3 Å². The molecular formula is C15H14N2O4. The summed E-state index contributed by atoms with van der Waals surface area (Å²) in [5.41, 5.74) is 1.31. The number of nitrogens with one attached hydrogen (secondary N) is 1. The zero-order valence-electron chi connectivity index (χ0n) is 11.4. The zero-order valence-corrected chi connectivity index (χ0v) is 11.4. The Kier molecular flexibility index (Phi) is 4.50. The van der Waals surface area contributed by atoms with Gasteiger partial charge < -0.3 is 15.2 Å². The first-order chi connectivity index (χ1) is 10.1. The van der Waals surface area contributed by atoms with Gasteiger partial charge in [-0.1, -0.05) is 12.1 Å². The Bertz CT molecular complexity index is 653. The molecule has 21 heavy (non-hydrogen) atoms. The first-order valence-electron chi connectivity index (χ1n) is 6.20. The zero-order chi connectivity index (χ0) is 15.2. The van der Waals surface area contributed by atoms with E-state index < -0.39 is 5.97 Å². The average Bonchev–Trinajstić information content (AvgIpc) is 2.53. The third-order valence-electron chi connectivity index (χ3n) is 2.83. The van der Waals surface area contributed by atoms with Crippen molar-refractivity contribution in [3.8, 4) is 5.88 Å². The Hall–Kier alpha value is -2.89. The van der Waals surface area contributed by atoms with E-state index in [0.29, 0.717) is 17.0 Å². The van der Waals surface area contributed by atoms with Crippen LogP contribution in [0.15, 0.2) is 42.6 Å². The van der Waals surface area contributed by atoms with E-state index in [9.17, 15) is 9.59 Å². The van der Waals surface area contributed by atoms with Crippen LogP contribution in [-0.2, 0) is 6.54 Å². The molecule has 0 saturated carbocycles. The maximum atomic E-state index is 11.9. The van der Waals surface area contributed by atoms with Crippen molar-refractivity contribution >= 4 is 11.9 Å². The number of rotatable bonds is 5. The second-order valence-electron chi connectivity index (χ2n) is 4.28. The number of carboxylic acid groups (broad SMARTS) is 1. The Morgan fingerprint density at radius 3 is 2.67 bits per heavy atom. The fraction of sp³-hybridized carbons (Fsp3) is 0.133. The number of amides is 1. The van der Waals surface area contributed by atoms with Gasteiger partial charge in [0.15, 0.2) is 0 Å². The van der Waals surface area contributed by atoms with Crippen molar-refractivity contribution < 1.29 is 19.4 Å². The highest BCUT2D eigenvalue weighted by Crippen LogP contribution is 2.08. The van der Waals surface area contributed by atoms with Crippen LogP contribution in [0, 0.1) is 0 Å². The third kappa shape index (κ3) is 3.79. The number of aromatic nitrogens is 1. The lowest BCUT2D eigenvalue weighted by atomic mass is 10.1. The highest BCUT2D eigenvalue weighted by Gasteiger charge is 2.07. The molecule has 1 amide bonds. The van der Waals surface area contributed by atoms with Gasteiger partial charge in [0.2, 0.25) is 5.88 Å². The Morgan fingerprint density at radius 1 is 1.24 bits per heavy atom. The summed E-state index contributed by atoms with van der Waals surface area (Å²) in [6.45, 7) is 0.242. The Balaban J connectivity index is 2.00. The molecule has 0 bridgehead atoms. The van der Waals surface area contributed by atoms with E-state index in [-0.39, 0.29) is 18.0 Å². The Morgan fingerprint density at radius 2 is 2.05 bits per heavy atom. The molecule has 0 radical (unpaired) electrons. The van der Waals surface area contributed by atoms with Gasteiger partial charge in [0, 0.05) is 18.8 Å². The molecule has 0 fully saturated rings.